The third kappa shape index (κ3) is 20.5. The molecule has 0 saturated carbocycles. The van der Waals surface area contributed by atoms with Gasteiger partial charge in [0, 0.05) is 0 Å². The molecule has 0 amide bonds. The Bertz CT molecular complexity index is 269. The zero-order chi connectivity index (χ0) is 16.5. The van der Waals surface area contributed by atoms with Crippen LogP contribution in [-0.2, 0) is 4.57 Å². The Labute approximate surface area is 142 Å². The molecule has 0 heterocycles. The van der Waals surface area contributed by atoms with Gasteiger partial charge in [0.15, 0.2) is 0 Å². The molecule has 0 fully saturated rings. The van der Waals surface area contributed by atoms with E-state index in [1.54, 1.807) is 0 Å². The van der Waals surface area contributed by atoms with Gasteiger partial charge in [0.1, 0.15) is 0 Å². The zero-order valence-corrected chi connectivity index (χ0v) is 16.2. The van der Waals surface area contributed by atoms with E-state index < -0.39 is 7.60 Å². The molecule has 0 spiro atoms. The molecular weight excluding hydrogens is 315 g/mol. The average molecular weight is 353 g/mol. The van der Waals surface area contributed by atoms with Crippen molar-refractivity contribution in [1.29, 1.82) is 0 Å². The van der Waals surface area contributed by atoms with Gasteiger partial charge >= 0.3 is 7.60 Å². The predicted octanol–water partition coefficient (Wildman–Crippen LogP) is 5.99. The van der Waals surface area contributed by atoms with Crippen molar-refractivity contribution in [1.82, 2.24) is 0 Å². The van der Waals surface area contributed by atoms with Gasteiger partial charge < -0.3 is 9.79 Å². The fourth-order valence-electron chi connectivity index (χ4n) is 2.52. The van der Waals surface area contributed by atoms with E-state index in [4.69, 9.17) is 9.79 Å². The third-order valence-corrected chi connectivity index (χ3v) is 5.93. The van der Waals surface area contributed by atoms with E-state index in [2.05, 4.69) is 6.92 Å². The molecule has 0 aliphatic carbocycles. The summed E-state index contributed by atoms with van der Waals surface area (Å²) in [5, 5.41) is 0. The molecule has 0 unspecified atom stereocenters. The first-order chi connectivity index (χ1) is 10.6. The van der Waals surface area contributed by atoms with Crippen LogP contribution in [-0.4, -0.2) is 27.5 Å². The van der Waals surface area contributed by atoms with Gasteiger partial charge in [-0.25, -0.2) is 0 Å². The molecule has 0 rings (SSSR count). The van der Waals surface area contributed by atoms with E-state index in [9.17, 15) is 4.57 Å². The Kier molecular flexibility index (Phi) is 16.7. The first-order valence-electron chi connectivity index (χ1n) is 9.18. The summed E-state index contributed by atoms with van der Waals surface area (Å²) >= 11 is 1.83. The van der Waals surface area contributed by atoms with E-state index in [-0.39, 0.29) is 6.16 Å². The molecule has 0 radical (unpaired) electrons. The summed E-state index contributed by atoms with van der Waals surface area (Å²) in [5.74, 6) is 2.02. The van der Waals surface area contributed by atoms with Crippen LogP contribution in [0.2, 0.25) is 0 Å². The number of hydrogen-bond acceptors (Lipinski definition) is 2. The second-order valence-corrected chi connectivity index (χ2v) is 9.24. The molecule has 0 atom stereocenters. The summed E-state index contributed by atoms with van der Waals surface area (Å²) in [7, 11) is -3.77. The van der Waals surface area contributed by atoms with Crippen molar-refractivity contribution < 1.29 is 14.4 Å². The van der Waals surface area contributed by atoms with E-state index in [1.165, 1.54) is 77.0 Å². The molecular formula is C17H37O3PS. The van der Waals surface area contributed by atoms with Crippen molar-refractivity contribution in [2.75, 3.05) is 17.7 Å². The highest BCUT2D eigenvalue weighted by molar-refractivity contribution is 7.99. The summed E-state index contributed by atoms with van der Waals surface area (Å²) in [6.07, 6.45) is 17.2. The second-order valence-electron chi connectivity index (χ2n) is 6.24. The number of thioether (sulfide) groups is 1. The van der Waals surface area contributed by atoms with E-state index in [1.807, 2.05) is 11.8 Å². The summed E-state index contributed by atoms with van der Waals surface area (Å²) < 4.78 is 10.7. The fraction of sp³-hybridized carbons (Fsp3) is 1.00. The van der Waals surface area contributed by atoms with Crippen molar-refractivity contribution in [3.05, 3.63) is 0 Å². The summed E-state index contributed by atoms with van der Waals surface area (Å²) in [5.41, 5.74) is 0. The molecule has 0 bridgehead atoms. The standard InChI is InChI=1S/C17H37O3PS/c1-2-3-4-5-6-7-8-9-10-11-12-13-16-22-17-14-15-21(18,19)20/h2-17H2,1H3,(H2,18,19,20). The maximum absolute atomic E-state index is 10.7. The van der Waals surface area contributed by atoms with Gasteiger partial charge in [-0.2, -0.15) is 11.8 Å². The van der Waals surface area contributed by atoms with E-state index in [0.29, 0.717) is 6.42 Å². The van der Waals surface area contributed by atoms with Crippen molar-refractivity contribution in [2.45, 2.75) is 90.4 Å². The number of rotatable bonds is 17. The minimum Gasteiger partial charge on any atom is -0.324 e. The Morgan fingerprint density at radius 1 is 0.682 bits per heavy atom. The van der Waals surface area contributed by atoms with Crippen LogP contribution in [0.1, 0.15) is 90.4 Å². The molecule has 0 saturated heterocycles. The van der Waals surface area contributed by atoms with Crippen molar-refractivity contribution in [2.24, 2.45) is 0 Å². The van der Waals surface area contributed by atoms with Crippen LogP contribution < -0.4 is 0 Å². The van der Waals surface area contributed by atoms with E-state index in [0.717, 1.165) is 11.5 Å². The van der Waals surface area contributed by atoms with Crippen molar-refractivity contribution in [3.63, 3.8) is 0 Å². The Hall–Kier alpha value is 0.500. The minimum atomic E-state index is -3.77. The van der Waals surface area contributed by atoms with Gasteiger partial charge in [-0.15, -0.1) is 0 Å². The maximum atomic E-state index is 10.7. The number of hydrogen-bond donors (Lipinski definition) is 2. The normalized spacial score (nSPS) is 12.0. The molecule has 3 nitrogen and oxygen atoms in total. The monoisotopic (exact) mass is 352 g/mol. The zero-order valence-electron chi connectivity index (χ0n) is 14.5. The molecule has 0 aromatic rings. The highest BCUT2D eigenvalue weighted by atomic mass is 32.2. The van der Waals surface area contributed by atoms with Crippen LogP contribution in [0.4, 0.5) is 0 Å². The maximum Gasteiger partial charge on any atom is 0.325 e. The third-order valence-electron chi connectivity index (χ3n) is 3.88. The minimum absolute atomic E-state index is 0.0401. The van der Waals surface area contributed by atoms with Crippen LogP contribution in [0.3, 0.4) is 0 Å². The molecule has 134 valence electrons. The van der Waals surface area contributed by atoms with Gasteiger partial charge in [0.05, 0.1) is 6.16 Å². The smallest absolute Gasteiger partial charge is 0.324 e. The van der Waals surface area contributed by atoms with Crippen LogP contribution in [0.5, 0.6) is 0 Å². The molecule has 0 aromatic heterocycles. The van der Waals surface area contributed by atoms with E-state index >= 15 is 0 Å². The summed E-state index contributed by atoms with van der Waals surface area (Å²) in [6.45, 7) is 2.26. The topological polar surface area (TPSA) is 57.5 Å². The first-order valence-corrected chi connectivity index (χ1v) is 12.1. The quantitative estimate of drug-likeness (QED) is 0.249. The van der Waals surface area contributed by atoms with Gasteiger partial charge in [0.2, 0.25) is 0 Å². The molecule has 0 aliphatic heterocycles. The Morgan fingerprint density at radius 3 is 1.55 bits per heavy atom. The molecule has 0 aromatic carbocycles. The lowest BCUT2D eigenvalue weighted by Crippen LogP contribution is -1.91. The fourth-order valence-corrected chi connectivity index (χ4v) is 4.26. The van der Waals surface area contributed by atoms with Crippen LogP contribution in [0, 0.1) is 0 Å². The van der Waals surface area contributed by atoms with Crippen LogP contribution >= 0.6 is 19.4 Å². The van der Waals surface area contributed by atoms with Crippen LogP contribution in [0.15, 0.2) is 0 Å². The average Bonchev–Trinajstić information content (AvgIpc) is 2.45. The van der Waals surface area contributed by atoms with Gasteiger partial charge in [-0.1, -0.05) is 77.6 Å². The summed E-state index contributed by atoms with van der Waals surface area (Å²) in [4.78, 5) is 17.5. The lowest BCUT2D eigenvalue weighted by Gasteiger charge is -2.04. The van der Waals surface area contributed by atoms with Gasteiger partial charge in [-0.3, -0.25) is 4.57 Å². The lowest BCUT2D eigenvalue weighted by molar-refractivity contribution is 0.372. The van der Waals surface area contributed by atoms with Crippen molar-refractivity contribution >= 4 is 19.4 Å². The van der Waals surface area contributed by atoms with Gasteiger partial charge in [0.25, 0.3) is 0 Å². The highest BCUT2D eigenvalue weighted by Gasteiger charge is 2.10. The van der Waals surface area contributed by atoms with Gasteiger partial charge in [-0.05, 0) is 24.3 Å². The predicted molar refractivity (Wildman–Crippen MR) is 99.9 cm³/mol. The number of unbranched alkanes of at least 4 members (excludes halogenated alkanes) is 11. The van der Waals surface area contributed by atoms with Crippen molar-refractivity contribution in [3.8, 4) is 0 Å². The lowest BCUT2D eigenvalue weighted by atomic mass is 10.1. The van der Waals surface area contributed by atoms with Crippen LogP contribution in [0.25, 0.3) is 0 Å². The second kappa shape index (κ2) is 16.4. The Morgan fingerprint density at radius 2 is 1.09 bits per heavy atom. The molecule has 5 heteroatoms. The SMILES string of the molecule is CCCCCCCCCCCCCCSCCCP(=O)(O)O. The Balaban J connectivity index is 3.01. The largest absolute Gasteiger partial charge is 0.325 e. The first kappa shape index (κ1) is 22.5. The molecule has 0 aliphatic rings. The highest BCUT2D eigenvalue weighted by Crippen LogP contribution is 2.35. The summed E-state index contributed by atoms with van der Waals surface area (Å²) in [6, 6.07) is 0. The molecule has 22 heavy (non-hydrogen) atoms. The molecule has 2 N–H and O–H groups in total.